The Morgan fingerprint density at radius 3 is 3.00 bits per heavy atom. The first-order valence-electron chi connectivity index (χ1n) is 5.43. The molecule has 0 heterocycles. The molecule has 1 saturated carbocycles. The predicted octanol–water partition coefficient (Wildman–Crippen LogP) is 1.54. The van der Waals surface area contributed by atoms with Gasteiger partial charge in [-0.05, 0) is 18.8 Å². The first-order valence-corrected chi connectivity index (χ1v) is 5.43. The third kappa shape index (κ3) is 4.44. The standard InChI is InChI=1S/C11H22N2/c1-3-5-10-9-11(10)13-8-7-12-6-4-2/h4,10-13H,2-3,5-9H2,1H3. The van der Waals surface area contributed by atoms with Gasteiger partial charge in [-0.15, -0.1) is 6.58 Å². The molecule has 1 rings (SSSR count). The summed E-state index contributed by atoms with van der Waals surface area (Å²) in [6.07, 6.45) is 6.03. The summed E-state index contributed by atoms with van der Waals surface area (Å²) in [5.74, 6) is 0.976. The summed E-state index contributed by atoms with van der Waals surface area (Å²) < 4.78 is 0. The van der Waals surface area contributed by atoms with E-state index < -0.39 is 0 Å². The Kier molecular flexibility index (Phi) is 5.09. The molecule has 76 valence electrons. The molecule has 0 bridgehead atoms. The van der Waals surface area contributed by atoms with Crippen molar-refractivity contribution >= 4 is 0 Å². The molecule has 2 unspecified atom stereocenters. The van der Waals surface area contributed by atoms with Crippen molar-refractivity contribution < 1.29 is 0 Å². The van der Waals surface area contributed by atoms with Gasteiger partial charge in [0.25, 0.3) is 0 Å². The van der Waals surface area contributed by atoms with Gasteiger partial charge in [0, 0.05) is 25.7 Å². The second kappa shape index (κ2) is 6.17. The van der Waals surface area contributed by atoms with Crippen LogP contribution < -0.4 is 10.6 Å². The van der Waals surface area contributed by atoms with Crippen molar-refractivity contribution in [2.24, 2.45) is 5.92 Å². The largest absolute Gasteiger partial charge is 0.312 e. The molecular formula is C11H22N2. The molecule has 2 atom stereocenters. The van der Waals surface area contributed by atoms with Crippen LogP contribution in [-0.4, -0.2) is 25.7 Å². The summed E-state index contributed by atoms with van der Waals surface area (Å²) in [7, 11) is 0. The maximum absolute atomic E-state index is 3.66. The molecule has 0 aromatic rings. The first kappa shape index (κ1) is 10.7. The summed E-state index contributed by atoms with van der Waals surface area (Å²) in [5, 5.41) is 6.84. The van der Waals surface area contributed by atoms with Gasteiger partial charge in [-0.3, -0.25) is 0 Å². The van der Waals surface area contributed by atoms with Gasteiger partial charge in [-0.1, -0.05) is 19.4 Å². The van der Waals surface area contributed by atoms with E-state index in [-0.39, 0.29) is 0 Å². The van der Waals surface area contributed by atoms with E-state index >= 15 is 0 Å². The van der Waals surface area contributed by atoms with Gasteiger partial charge < -0.3 is 10.6 Å². The van der Waals surface area contributed by atoms with Crippen molar-refractivity contribution in [2.45, 2.75) is 32.2 Å². The van der Waals surface area contributed by atoms with E-state index in [1.165, 1.54) is 19.3 Å². The van der Waals surface area contributed by atoms with Crippen molar-refractivity contribution in [3.63, 3.8) is 0 Å². The fourth-order valence-electron chi connectivity index (χ4n) is 1.74. The normalized spacial score (nSPS) is 25.9. The highest BCUT2D eigenvalue weighted by molar-refractivity contribution is 4.92. The summed E-state index contributed by atoms with van der Waals surface area (Å²) in [6, 6.07) is 0.825. The van der Waals surface area contributed by atoms with Crippen LogP contribution in [0.4, 0.5) is 0 Å². The van der Waals surface area contributed by atoms with Crippen LogP contribution in [0.2, 0.25) is 0 Å². The molecule has 0 aromatic heterocycles. The maximum Gasteiger partial charge on any atom is 0.0132 e. The minimum absolute atomic E-state index is 0.825. The van der Waals surface area contributed by atoms with Crippen molar-refractivity contribution in [2.75, 3.05) is 19.6 Å². The highest BCUT2D eigenvalue weighted by Crippen LogP contribution is 2.34. The fraction of sp³-hybridized carbons (Fsp3) is 0.818. The third-order valence-corrected chi connectivity index (χ3v) is 2.58. The molecular weight excluding hydrogens is 160 g/mol. The average molecular weight is 182 g/mol. The van der Waals surface area contributed by atoms with Crippen molar-refractivity contribution in [1.29, 1.82) is 0 Å². The lowest BCUT2D eigenvalue weighted by Gasteiger charge is -2.03. The van der Waals surface area contributed by atoms with Gasteiger partial charge in [0.1, 0.15) is 0 Å². The monoisotopic (exact) mass is 182 g/mol. The van der Waals surface area contributed by atoms with E-state index in [1.54, 1.807) is 0 Å². The van der Waals surface area contributed by atoms with Crippen LogP contribution in [0, 0.1) is 5.92 Å². The van der Waals surface area contributed by atoms with E-state index in [9.17, 15) is 0 Å². The second-order valence-electron chi connectivity index (χ2n) is 3.84. The fourth-order valence-corrected chi connectivity index (χ4v) is 1.74. The van der Waals surface area contributed by atoms with Gasteiger partial charge in [0.05, 0.1) is 0 Å². The third-order valence-electron chi connectivity index (χ3n) is 2.58. The zero-order chi connectivity index (χ0) is 9.52. The van der Waals surface area contributed by atoms with E-state index in [2.05, 4.69) is 24.1 Å². The molecule has 2 heteroatoms. The van der Waals surface area contributed by atoms with E-state index in [0.717, 1.165) is 31.6 Å². The molecule has 2 nitrogen and oxygen atoms in total. The summed E-state index contributed by atoms with van der Waals surface area (Å²) in [4.78, 5) is 0. The smallest absolute Gasteiger partial charge is 0.0132 e. The predicted molar refractivity (Wildman–Crippen MR) is 57.9 cm³/mol. The molecule has 2 N–H and O–H groups in total. The minimum Gasteiger partial charge on any atom is -0.312 e. The molecule has 0 spiro atoms. The van der Waals surface area contributed by atoms with Crippen LogP contribution >= 0.6 is 0 Å². The van der Waals surface area contributed by atoms with Crippen molar-refractivity contribution in [3.8, 4) is 0 Å². The Labute approximate surface area is 81.8 Å². The molecule has 0 amide bonds. The molecule has 1 aliphatic carbocycles. The highest BCUT2D eigenvalue weighted by atomic mass is 15.0. The zero-order valence-electron chi connectivity index (χ0n) is 8.68. The number of nitrogens with one attached hydrogen (secondary N) is 2. The van der Waals surface area contributed by atoms with Gasteiger partial charge in [0.2, 0.25) is 0 Å². The van der Waals surface area contributed by atoms with Gasteiger partial charge in [-0.25, -0.2) is 0 Å². The summed E-state index contributed by atoms with van der Waals surface area (Å²) >= 11 is 0. The first-order chi connectivity index (χ1) is 6.38. The molecule has 1 fully saturated rings. The zero-order valence-corrected chi connectivity index (χ0v) is 8.68. The van der Waals surface area contributed by atoms with Crippen LogP contribution in [0.15, 0.2) is 12.7 Å². The highest BCUT2D eigenvalue weighted by Gasteiger charge is 2.34. The van der Waals surface area contributed by atoms with Gasteiger partial charge in [0.15, 0.2) is 0 Å². The Hall–Kier alpha value is -0.340. The van der Waals surface area contributed by atoms with Crippen LogP contribution in [0.1, 0.15) is 26.2 Å². The van der Waals surface area contributed by atoms with Crippen LogP contribution in [-0.2, 0) is 0 Å². The van der Waals surface area contributed by atoms with Crippen molar-refractivity contribution in [1.82, 2.24) is 10.6 Å². The van der Waals surface area contributed by atoms with E-state index in [1.807, 2.05) is 6.08 Å². The Morgan fingerprint density at radius 1 is 1.46 bits per heavy atom. The number of rotatable bonds is 8. The van der Waals surface area contributed by atoms with Crippen LogP contribution in [0.5, 0.6) is 0 Å². The molecule has 0 aromatic carbocycles. The minimum atomic E-state index is 0.825. The summed E-state index contributed by atoms with van der Waals surface area (Å²) in [5.41, 5.74) is 0. The lowest BCUT2D eigenvalue weighted by Crippen LogP contribution is -2.29. The molecule has 13 heavy (non-hydrogen) atoms. The van der Waals surface area contributed by atoms with Gasteiger partial charge in [-0.2, -0.15) is 0 Å². The Balaban J connectivity index is 1.82. The topological polar surface area (TPSA) is 24.1 Å². The molecule has 0 radical (unpaired) electrons. The quantitative estimate of drug-likeness (QED) is 0.439. The molecule has 1 aliphatic rings. The van der Waals surface area contributed by atoms with E-state index in [4.69, 9.17) is 0 Å². The summed E-state index contributed by atoms with van der Waals surface area (Å²) in [6.45, 7) is 9.00. The lowest BCUT2D eigenvalue weighted by molar-refractivity contribution is 0.581. The van der Waals surface area contributed by atoms with Crippen LogP contribution in [0.3, 0.4) is 0 Å². The second-order valence-corrected chi connectivity index (χ2v) is 3.84. The van der Waals surface area contributed by atoms with Gasteiger partial charge >= 0.3 is 0 Å². The van der Waals surface area contributed by atoms with Crippen LogP contribution in [0.25, 0.3) is 0 Å². The van der Waals surface area contributed by atoms with E-state index in [0.29, 0.717) is 0 Å². The number of hydrogen-bond acceptors (Lipinski definition) is 2. The number of hydrogen-bond donors (Lipinski definition) is 2. The molecule has 0 saturated heterocycles. The SMILES string of the molecule is C=CCNCCNC1CC1CCC. The lowest BCUT2D eigenvalue weighted by atomic mass is 10.2. The maximum atomic E-state index is 3.66. The van der Waals surface area contributed by atoms with Crippen molar-refractivity contribution in [3.05, 3.63) is 12.7 Å². The average Bonchev–Trinajstić information content (AvgIpc) is 2.84. The molecule has 0 aliphatic heterocycles. The Bertz CT molecular complexity index is 145. The Morgan fingerprint density at radius 2 is 2.31 bits per heavy atom.